The van der Waals surface area contributed by atoms with Crippen LogP contribution in [0.2, 0.25) is 0 Å². The van der Waals surface area contributed by atoms with Crippen molar-refractivity contribution in [3.63, 3.8) is 0 Å². The predicted molar refractivity (Wildman–Crippen MR) is 52.0 cm³/mol. The van der Waals surface area contributed by atoms with Gasteiger partial charge in [-0.1, -0.05) is 5.11 Å². The van der Waals surface area contributed by atoms with Crippen molar-refractivity contribution in [2.45, 2.75) is 19.1 Å². The van der Waals surface area contributed by atoms with Crippen molar-refractivity contribution in [3.05, 3.63) is 10.4 Å². The first-order valence-electron chi connectivity index (χ1n) is 4.77. The molecule has 0 aliphatic carbocycles. The highest BCUT2D eigenvalue weighted by atomic mass is 16.5. The maximum absolute atomic E-state index is 11.4. The lowest BCUT2D eigenvalue weighted by molar-refractivity contribution is -0.129. The molecule has 1 fully saturated rings. The van der Waals surface area contributed by atoms with Crippen molar-refractivity contribution < 1.29 is 14.6 Å². The molecule has 84 valence electrons. The molecule has 0 unspecified atom stereocenters. The Morgan fingerprint density at radius 2 is 2.47 bits per heavy atom. The second kappa shape index (κ2) is 5.55. The van der Waals surface area contributed by atoms with Gasteiger partial charge < -0.3 is 14.7 Å². The molecule has 1 aliphatic heterocycles. The molecule has 15 heavy (non-hydrogen) atoms. The summed E-state index contributed by atoms with van der Waals surface area (Å²) in [5.41, 5.74) is 8.06. The molecule has 2 atom stereocenters. The van der Waals surface area contributed by atoms with E-state index in [4.69, 9.17) is 10.3 Å². The highest BCUT2D eigenvalue weighted by Crippen LogP contribution is 2.13. The zero-order valence-corrected chi connectivity index (χ0v) is 8.54. The number of hydrogen-bond donors (Lipinski definition) is 1. The minimum atomic E-state index is -0.653. The average molecular weight is 214 g/mol. The first-order chi connectivity index (χ1) is 7.19. The third-order valence-corrected chi connectivity index (χ3v) is 2.24. The van der Waals surface area contributed by atoms with Crippen LogP contribution in [0.4, 0.5) is 0 Å². The summed E-state index contributed by atoms with van der Waals surface area (Å²) in [6, 6.07) is 0. The SMILES string of the molecule is CCO[C@@H]1CN(C(=O)CN=[N+]=[N-])C[C@H]1O. The summed E-state index contributed by atoms with van der Waals surface area (Å²) >= 11 is 0. The van der Waals surface area contributed by atoms with Gasteiger partial charge >= 0.3 is 0 Å². The van der Waals surface area contributed by atoms with Crippen LogP contribution in [0.25, 0.3) is 10.4 Å². The minimum absolute atomic E-state index is 0.206. The number of carbonyl (C=O) groups excluding carboxylic acids is 1. The standard InChI is InChI=1S/C8H14N4O3/c1-2-15-7-5-12(4-6(7)13)8(14)3-10-11-9/h6-7,13H,2-5H2,1H3/t6-,7-/m1/s1. The van der Waals surface area contributed by atoms with Gasteiger partial charge in [0.15, 0.2) is 0 Å². The summed E-state index contributed by atoms with van der Waals surface area (Å²) in [4.78, 5) is 15.3. The van der Waals surface area contributed by atoms with Gasteiger partial charge in [-0.3, -0.25) is 4.79 Å². The number of aliphatic hydroxyl groups is 1. The first-order valence-corrected chi connectivity index (χ1v) is 4.77. The van der Waals surface area contributed by atoms with Crippen LogP contribution in [-0.4, -0.2) is 54.4 Å². The summed E-state index contributed by atoms with van der Waals surface area (Å²) in [6.07, 6.45) is -0.981. The number of azide groups is 1. The lowest BCUT2D eigenvalue weighted by atomic mass is 10.3. The third kappa shape index (κ3) is 3.09. The molecule has 1 N–H and O–H groups in total. The minimum Gasteiger partial charge on any atom is -0.388 e. The quantitative estimate of drug-likeness (QED) is 0.402. The van der Waals surface area contributed by atoms with Crippen LogP contribution in [0.1, 0.15) is 6.92 Å². The lowest BCUT2D eigenvalue weighted by Gasteiger charge is -2.14. The van der Waals surface area contributed by atoms with Crippen molar-refractivity contribution >= 4 is 5.91 Å². The third-order valence-electron chi connectivity index (χ3n) is 2.24. The molecule has 0 radical (unpaired) electrons. The predicted octanol–water partition coefficient (Wildman–Crippen LogP) is -0.0951. The second-order valence-corrected chi connectivity index (χ2v) is 3.25. The van der Waals surface area contributed by atoms with Gasteiger partial charge in [0.25, 0.3) is 0 Å². The Kier molecular flexibility index (Phi) is 4.36. The molecular formula is C8H14N4O3. The number of rotatable bonds is 4. The van der Waals surface area contributed by atoms with E-state index in [2.05, 4.69) is 10.0 Å². The van der Waals surface area contributed by atoms with Crippen molar-refractivity contribution in [1.29, 1.82) is 0 Å². The molecule has 0 saturated carbocycles. The number of ether oxygens (including phenoxy) is 1. The molecule has 1 amide bonds. The van der Waals surface area contributed by atoms with E-state index in [0.29, 0.717) is 13.2 Å². The van der Waals surface area contributed by atoms with Crippen LogP contribution in [0.15, 0.2) is 5.11 Å². The van der Waals surface area contributed by atoms with Gasteiger partial charge in [-0.25, -0.2) is 0 Å². The fraction of sp³-hybridized carbons (Fsp3) is 0.875. The Balaban J connectivity index is 2.46. The van der Waals surface area contributed by atoms with Gasteiger partial charge in [0, 0.05) is 24.6 Å². The fourth-order valence-corrected chi connectivity index (χ4v) is 1.53. The molecule has 0 aromatic rings. The molecular weight excluding hydrogens is 200 g/mol. The van der Waals surface area contributed by atoms with Crippen LogP contribution in [-0.2, 0) is 9.53 Å². The lowest BCUT2D eigenvalue weighted by Crippen LogP contribution is -2.31. The topological polar surface area (TPSA) is 98.5 Å². The van der Waals surface area contributed by atoms with E-state index in [1.807, 2.05) is 6.92 Å². The summed E-state index contributed by atoms with van der Waals surface area (Å²) in [7, 11) is 0. The van der Waals surface area contributed by atoms with Crippen LogP contribution < -0.4 is 0 Å². The number of amides is 1. The summed E-state index contributed by atoms with van der Waals surface area (Å²) in [5.74, 6) is -0.283. The zero-order valence-electron chi connectivity index (χ0n) is 8.54. The van der Waals surface area contributed by atoms with Gasteiger partial charge in [-0.05, 0) is 12.5 Å². The molecule has 7 heteroatoms. The molecule has 0 aromatic carbocycles. The van der Waals surface area contributed by atoms with E-state index in [1.165, 1.54) is 4.90 Å². The highest BCUT2D eigenvalue weighted by molar-refractivity contribution is 5.78. The maximum atomic E-state index is 11.4. The van der Waals surface area contributed by atoms with Crippen LogP contribution in [0.3, 0.4) is 0 Å². The van der Waals surface area contributed by atoms with E-state index in [1.54, 1.807) is 0 Å². The normalized spacial score (nSPS) is 25.1. The van der Waals surface area contributed by atoms with Crippen molar-refractivity contribution in [1.82, 2.24) is 4.90 Å². The Labute approximate surface area is 87.3 Å². The van der Waals surface area contributed by atoms with E-state index in [9.17, 15) is 9.90 Å². The largest absolute Gasteiger partial charge is 0.388 e. The van der Waals surface area contributed by atoms with Gasteiger partial charge in [0.2, 0.25) is 5.91 Å². The Morgan fingerprint density at radius 1 is 1.73 bits per heavy atom. The van der Waals surface area contributed by atoms with Crippen molar-refractivity contribution in [3.8, 4) is 0 Å². The summed E-state index contributed by atoms with van der Waals surface area (Å²) in [6.45, 7) is 2.72. The van der Waals surface area contributed by atoms with Gasteiger partial charge in [0.05, 0.1) is 6.10 Å². The molecule has 0 aromatic heterocycles. The van der Waals surface area contributed by atoms with Crippen LogP contribution >= 0.6 is 0 Å². The van der Waals surface area contributed by atoms with E-state index in [0.717, 1.165) is 0 Å². The first kappa shape index (κ1) is 11.8. The van der Waals surface area contributed by atoms with Gasteiger partial charge in [-0.15, -0.1) is 0 Å². The zero-order chi connectivity index (χ0) is 11.3. The van der Waals surface area contributed by atoms with Crippen LogP contribution in [0, 0.1) is 0 Å². The smallest absolute Gasteiger partial charge is 0.228 e. The number of likely N-dealkylation sites (tertiary alicyclic amines) is 1. The number of carbonyl (C=O) groups is 1. The fourth-order valence-electron chi connectivity index (χ4n) is 1.53. The Morgan fingerprint density at radius 3 is 3.07 bits per heavy atom. The van der Waals surface area contributed by atoms with Crippen molar-refractivity contribution in [2.24, 2.45) is 5.11 Å². The molecule has 1 aliphatic rings. The molecule has 7 nitrogen and oxygen atoms in total. The summed E-state index contributed by atoms with van der Waals surface area (Å²) in [5, 5.41) is 12.7. The summed E-state index contributed by atoms with van der Waals surface area (Å²) < 4.78 is 5.25. The molecule has 1 heterocycles. The highest BCUT2D eigenvalue weighted by Gasteiger charge is 2.33. The van der Waals surface area contributed by atoms with Crippen LogP contribution in [0.5, 0.6) is 0 Å². The van der Waals surface area contributed by atoms with E-state index in [-0.39, 0.29) is 25.1 Å². The Hall–Kier alpha value is -1.30. The van der Waals surface area contributed by atoms with E-state index < -0.39 is 6.10 Å². The Bertz CT molecular complexity index is 277. The number of nitrogens with zero attached hydrogens (tertiary/aromatic N) is 4. The molecule has 0 bridgehead atoms. The molecule has 1 saturated heterocycles. The van der Waals surface area contributed by atoms with Crippen molar-refractivity contribution in [2.75, 3.05) is 26.2 Å². The molecule has 1 rings (SSSR count). The molecule has 0 spiro atoms. The van der Waals surface area contributed by atoms with E-state index >= 15 is 0 Å². The number of β-amino-alcohol motifs (C(OH)–C–C–N with tert-alkyl or cyclic N) is 1. The number of aliphatic hydroxyl groups excluding tert-OH is 1. The second-order valence-electron chi connectivity index (χ2n) is 3.25. The maximum Gasteiger partial charge on any atom is 0.228 e. The van der Waals surface area contributed by atoms with Gasteiger partial charge in [-0.2, -0.15) is 0 Å². The van der Waals surface area contributed by atoms with Gasteiger partial charge in [0.1, 0.15) is 12.6 Å². The monoisotopic (exact) mass is 214 g/mol. The number of hydrogen-bond acceptors (Lipinski definition) is 4. The average Bonchev–Trinajstić information content (AvgIpc) is 2.58.